The quantitative estimate of drug-likeness (QED) is 0.574. The molecule has 0 unspecified atom stereocenters. The highest BCUT2D eigenvalue weighted by Gasteiger charge is 2.29. The van der Waals surface area contributed by atoms with Gasteiger partial charge in [0.1, 0.15) is 11.3 Å². The number of amides is 1. The Morgan fingerprint density at radius 3 is 2.65 bits per heavy atom. The van der Waals surface area contributed by atoms with Crippen molar-refractivity contribution in [3.05, 3.63) is 51.8 Å². The van der Waals surface area contributed by atoms with E-state index in [1.165, 1.54) is 22.8 Å². The molecule has 0 bridgehead atoms. The van der Waals surface area contributed by atoms with E-state index in [9.17, 15) is 28.1 Å². The summed E-state index contributed by atoms with van der Waals surface area (Å²) in [4.78, 5) is 24.1. The average Bonchev–Trinajstić information content (AvgIpc) is 2.96. The van der Waals surface area contributed by atoms with Gasteiger partial charge < -0.3 is 9.64 Å². The van der Waals surface area contributed by atoms with Crippen LogP contribution in [0.25, 0.3) is 0 Å². The molecule has 0 saturated carbocycles. The topological polar surface area (TPSA) is 90.5 Å². The number of ether oxygens (including phenoxy) is 1. The Labute approximate surface area is 145 Å². The number of alkyl halides is 3. The Hall–Kier alpha value is -3.11. The molecular formula is C15H15F3N4O4. The third kappa shape index (κ3) is 4.94. The van der Waals surface area contributed by atoms with Gasteiger partial charge in [-0.1, -0.05) is 0 Å². The molecule has 1 heterocycles. The fraction of sp³-hybridized carbons (Fsp3) is 0.333. The number of hydrogen-bond donors (Lipinski definition) is 0. The van der Waals surface area contributed by atoms with Crippen molar-refractivity contribution in [2.75, 3.05) is 13.7 Å². The summed E-state index contributed by atoms with van der Waals surface area (Å²) in [5.74, 6) is -1.01. The highest BCUT2D eigenvalue weighted by atomic mass is 19.4. The van der Waals surface area contributed by atoms with Gasteiger partial charge in [-0.25, -0.2) is 0 Å². The van der Waals surface area contributed by atoms with E-state index in [2.05, 4.69) is 9.84 Å². The number of carbonyl (C=O) groups is 1. The molecule has 0 fully saturated rings. The van der Waals surface area contributed by atoms with Gasteiger partial charge in [-0.2, -0.15) is 18.3 Å². The Kier molecular flexibility index (Phi) is 5.48. The van der Waals surface area contributed by atoms with E-state index < -0.39 is 29.3 Å². The maximum absolute atomic E-state index is 12.6. The maximum Gasteiger partial charge on any atom is 0.422 e. The van der Waals surface area contributed by atoms with Gasteiger partial charge in [0.05, 0.1) is 11.1 Å². The third-order valence-electron chi connectivity index (χ3n) is 3.32. The van der Waals surface area contributed by atoms with Gasteiger partial charge in [-0.15, -0.1) is 0 Å². The van der Waals surface area contributed by atoms with E-state index in [0.717, 1.165) is 18.2 Å². The molecule has 0 atom stereocenters. The van der Waals surface area contributed by atoms with Crippen LogP contribution in [-0.2, 0) is 13.6 Å². The first-order chi connectivity index (χ1) is 12.1. The van der Waals surface area contributed by atoms with Crippen LogP contribution in [0.3, 0.4) is 0 Å². The number of nitrogens with zero attached hydrogens (tertiary/aromatic N) is 4. The molecule has 0 spiro atoms. The van der Waals surface area contributed by atoms with Gasteiger partial charge in [-0.3, -0.25) is 19.6 Å². The van der Waals surface area contributed by atoms with Crippen LogP contribution in [0.1, 0.15) is 15.9 Å². The molecule has 1 aromatic carbocycles. The number of aromatic nitrogens is 2. The fourth-order valence-electron chi connectivity index (χ4n) is 2.21. The van der Waals surface area contributed by atoms with E-state index in [-0.39, 0.29) is 17.9 Å². The first-order valence-electron chi connectivity index (χ1n) is 7.28. The Morgan fingerprint density at radius 1 is 1.42 bits per heavy atom. The number of nitro groups is 1. The number of aryl methyl sites for hydroxylation is 1. The Morgan fingerprint density at radius 2 is 2.12 bits per heavy atom. The van der Waals surface area contributed by atoms with Crippen molar-refractivity contribution in [2.24, 2.45) is 7.05 Å². The molecule has 11 heteroatoms. The lowest BCUT2D eigenvalue weighted by atomic mass is 10.1. The summed E-state index contributed by atoms with van der Waals surface area (Å²) in [6.07, 6.45) is -1.37. The predicted molar refractivity (Wildman–Crippen MR) is 83.7 cm³/mol. The zero-order valence-corrected chi connectivity index (χ0v) is 13.9. The van der Waals surface area contributed by atoms with Crippen LogP contribution in [-0.4, -0.2) is 45.3 Å². The van der Waals surface area contributed by atoms with Crippen LogP contribution in [0.5, 0.6) is 5.75 Å². The van der Waals surface area contributed by atoms with Crippen LogP contribution in [0.4, 0.5) is 18.9 Å². The minimum atomic E-state index is -4.57. The van der Waals surface area contributed by atoms with Gasteiger partial charge in [-0.05, 0) is 12.1 Å². The van der Waals surface area contributed by atoms with Crippen LogP contribution >= 0.6 is 0 Å². The Bertz CT molecular complexity index is 819. The van der Waals surface area contributed by atoms with Gasteiger partial charge in [0, 0.05) is 38.5 Å². The van der Waals surface area contributed by atoms with Gasteiger partial charge >= 0.3 is 6.18 Å². The van der Waals surface area contributed by atoms with Crippen molar-refractivity contribution in [2.45, 2.75) is 12.7 Å². The van der Waals surface area contributed by atoms with E-state index in [1.807, 2.05) is 0 Å². The van der Waals surface area contributed by atoms with Crippen molar-refractivity contribution in [1.82, 2.24) is 14.7 Å². The monoisotopic (exact) mass is 372 g/mol. The summed E-state index contributed by atoms with van der Waals surface area (Å²) in [6, 6.07) is 2.89. The first-order valence-corrected chi connectivity index (χ1v) is 7.28. The lowest BCUT2D eigenvalue weighted by Gasteiger charge is -2.17. The second-order valence-corrected chi connectivity index (χ2v) is 5.52. The van der Waals surface area contributed by atoms with Gasteiger partial charge in [0.2, 0.25) is 0 Å². The van der Waals surface area contributed by atoms with Crippen LogP contribution in [0, 0.1) is 10.1 Å². The number of benzene rings is 1. The summed E-state index contributed by atoms with van der Waals surface area (Å²) < 4.78 is 42.9. The van der Waals surface area contributed by atoms with E-state index in [4.69, 9.17) is 0 Å². The summed E-state index contributed by atoms with van der Waals surface area (Å²) in [5, 5.41) is 15.1. The fourth-order valence-corrected chi connectivity index (χ4v) is 2.21. The molecule has 0 aliphatic heterocycles. The number of nitro benzene ring substituents is 1. The standard InChI is InChI=1S/C15H15F3N4O4/c1-20(7-10-6-19-21(2)8-10)14(23)12-5-11(26-9-15(16,17)18)3-4-13(12)22(24)25/h3-6,8H,7,9H2,1-2H3. The molecule has 0 aliphatic carbocycles. The summed E-state index contributed by atoms with van der Waals surface area (Å²) in [7, 11) is 3.11. The van der Waals surface area contributed by atoms with Crippen molar-refractivity contribution in [3.8, 4) is 5.75 Å². The van der Waals surface area contributed by atoms with Crippen LogP contribution < -0.4 is 4.74 Å². The van der Waals surface area contributed by atoms with Gasteiger partial charge in [0.25, 0.3) is 11.6 Å². The highest BCUT2D eigenvalue weighted by Crippen LogP contribution is 2.27. The number of hydrogen-bond acceptors (Lipinski definition) is 5. The lowest BCUT2D eigenvalue weighted by molar-refractivity contribution is -0.385. The molecule has 140 valence electrons. The lowest BCUT2D eigenvalue weighted by Crippen LogP contribution is -2.27. The predicted octanol–water partition coefficient (Wildman–Crippen LogP) is 2.54. The Balaban J connectivity index is 2.25. The van der Waals surface area contributed by atoms with Crippen molar-refractivity contribution in [1.29, 1.82) is 0 Å². The molecular weight excluding hydrogens is 357 g/mol. The summed E-state index contributed by atoms with van der Waals surface area (Å²) in [6.45, 7) is -1.44. The van der Waals surface area contributed by atoms with E-state index >= 15 is 0 Å². The van der Waals surface area contributed by atoms with Gasteiger partial charge in [0.15, 0.2) is 6.61 Å². The molecule has 1 amide bonds. The minimum Gasteiger partial charge on any atom is -0.484 e. The number of carbonyl (C=O) groups excluding carboxylic acids is 1. The summed E-state index contributed by atoms with van der Waals surface area (Å²) in [5.41, 5.74) is -0.191. The minimum absolute atomic E-state index is 0.122. The highest BCUT2D eigenvalue weighted by molar-refractivity contribution is 5.98. The zero-order valence-electron chi connectivity index (χ0n) is 13.9. The first kappa shape index (κ1) is 19.2. The van der Waals surface area contributed by atoms with Crippen LogP contribution in [0.2, 0.25) is 0 Å². The molecule has 8 nitrogen and oxygen atoms in total. The molecule has 0 radical (unpaired) electrons. The smallest absolute Gasteiger partial charge is 0.422 e. The van der Waals surface area contributed by atoms with Crippen molar-refractivity contribution in [3.63, 3.8) is 0 Å². The average molecular weight is 372 g/mol. The summed E-state index contributed by atoms with van der Waals surface area (Å²) >= 11 is 0. The number of rotatable bonds is 6. The largest absolute Gasteiger partial charge is 0.484 e. The SMILES string of the molecule is CN(Cc1cnn(C)c1)C(=O)c1cc(OCC(F)(F)F)ccc1[N+](=O)[O-]. The number of halogens is 3. The molecule has 1 aromatic heterocycles. The normalized spacial score (nSPS) is 11.3. The second kappa shape index (κ2) is 7.42. The maximum atomic E-state index is 12.6. The van der Waals surface area contributed by atoms with Crippen molar-refractivity contribution < 1.29 is 27.6 Å². The molecule has 0 saturated heterocycles. The van der Waals surface area contributed by atoms with E-state index in [0.29, 0.717) is 5.56 Å². The molecule has 26 heavy (non-hydrogen) atoms. The van der Waals surface area contributed by atoms with Crippen molar-refractivity contribution >= 4 is 11.6 Å². The molecule has 0 aliphatic rings. The molecule has 2 aromatic rings. The zero-order chi connectivity index (χ0) is 19.5. The third-order valence-corrected chi connectivity index (χ3v) is 3.32. The second-order valence-electron chi connectivity index (χ2n) is 5.52. The molecule has 2 rings (SSSR count). The molecule has 0 N–H and O–H groups in total. The van der Waals surface area contributed by atoms with E-state index in [1.54, 1.807) is 13.2 Å². The van der Waals surface area contributed by atoms with Crippen LogP contribution in [0.15, 0.2) is 30.6 Å².